The number of anilines is 1. The second-order valence-corrected chi connectivity index (χ2v) is 6.21. The van der Waals surface area contributed by atoms with Crippen LogP contribution in [0.2, 0.25) is 5.02 Å². The summed E-state index contributed by atoms with van der Waals surface area (Å²) in [7, 11) is 0. The lowest BCUT2D eigenvalue weighted by molar-refractivity contribution is -0.137. The Morgan fingerprint density at radius 3 is 2.54 bits per heavy atom. The average molecular weight is 377 g/mol. The lowest BCUT2D eigenvalue weighted by Gasteiger charge is -2.12. The third-order valence-electron chi connectivity index (χ3n) is 2.92. The molecule has 0 unspecified atom stereocenters. The highest BCUT2D eigenvalue weighted by Crippen LogP contribution is 2.36. The number of nitrogens with one attached hydrogen (secondary N) is 2. The SMILES string of the molecule is O=C(Cc1cccs1)NCC(=O)Nc1ccc(Cl)c(C(F)(F)F)c1. The average Bonchev–Trinajstić information content (AvgIpc) is 2.99. The van der Waals surface area contributed by atoms with Crippen LogP contribution in [0.25, 0.3) is 0 Å². The second kappa shape index (κ2) is 7.67. The van der Waals surface area contributed by atoms with Gasteiger partial charge in [0.1, 0.15) is 0 Å². The molecule has 0 spiro atoms. The van der Waals surface area contributed by atoms with Crippen molar-refractivity contribution in [3.63, 3.8) is 0 Å². The summed E-state index contributed by atoms with van der Waals surface area (Å²) in [5.74, 6) is -0.982. The highest BCUT2D eigenvalue weighted by atomic mass is 35.5. The predicted molar refractivity (Wildman–Crippen MR) is 86.1 cm³/mol. The van der Waals surface area contributed by atoms with Gasteiger partial charge in [0.15, 0.2) is 0 Å². The smallest absolute Gasteiger partial charge is 0.347 e. The maximum atomic E-state index is 12.7. The molecule has 4 nitrogen and oxygen atoms in total. The zero-order chi connectivity index (χ0) is 17.7. The minimum Gasteiger partial charge on any atom is -0.347 e. The van der Waals surface area contributed by atoms with Crippen molar-refractivity contribution in [2.24, 2.45) is 0 Å². The Morgan fingerprint density at radius 1 is 1.17 bits per heavy atom. The Balaban J connectivity index is 1.89. The fourth-order valence-corrected chi connectivity index (χ4v) is 2.77. The molecule has 0 saturated carbocycles. The van der Waals surface area contributed by atoms with Crippen LogP contribution in [-0.2, 0) is 22.2 Å². The van der Waals surface area contributed by atoms with Crippen LogP contribution in [-0.4, -0.2) is 18.4 Å². The molecule has 0 saturated heterocycles. The lowest BCUT2D eigenvalue weighted by atomic mass is 10.2. The van der Waals surface area contributed by atoms with Gasteiger partial charge in [0, 0.05) is 10.6 Å². The van der Waals surface area contributed by atoms with E-state index in [0.29, 0.717) is 0 Å². The van der Waals surface area contributed by atoms with Crippen molar-refractivity contribution in [2.75, 3.05) is 11.9 Å². The molecule has 2 rings (SSSR count). The van der Waals surface area contributed by atoms with Gasteiger partial charge in [0.2, 0.25) is 11.8 Å². The number of hydrogen-bond donors (Lipinski definition) is 2. The quantitative estimate of drug-likeness (QED) is 0.835. The van der Waals surface area contributed by atoms with Crippen LogP contribution in [0.4, 0.5) is 18.9 Å². The molecule has 2 aromatic rings. The number of rotatable bonds is 5. The molecular weight excluding hydrogens is 365 g/mol. The Kier molecular flexibility index (Phi) is 5.84. The summed E-state index contributed by atoms with van der Waals surface area (Å²) in [6.07, 6.45) is -4.48. The summed E-state index contributed by atoms with van der Waals surface area (Å²) in [6, 6.07) is 6.64. The largest absolute Gasteiger partial charge is 0.417 e. The molecule has 0 aliphatic heterocycles. The second-order valence-electron chi connectivity index (χ2n) is 4.77. The van der Waals surface area contributed by atoms with Crippen molar-refractivity contribution >= 4 is 40.4 Å². The minimum atomic E-state index is -4.62. The summed E-state index contributed by atoms with van der Waals surface area (Å²) in [6.45, 7) is -0.339. The molecule has 1 aromatic heterocycles. The molecule has 0 atom stereocenters. The van der Waals surface area contributed by atoms with E-state index in [4.69, 9.17) is 11.6 Å². The van der Waals surface area contributed by atoms with Gasteiger partial charge in [0.05, 0.1) is 23.6 Å². The molecule has 1 heterocycles. The molecular formula is C15H12ClF3N2O2S. The number of carbonyl (C=O) groups is 2. The monoisotopic (exact) mass is 376 g/mol. The van der Waals surface area contributed by atoms with Crippen LogP contribution < -0.4 is 10.6 Å². The van der Waals surface area contributed by atoms with Crippen LogP contribution in [0, 0.1) is 0 Å². The van der Waals surface area contributed by atoms with E-state index in [-0.39, 0.29) is 24.6 Å². The number of thiophene rings is 1. The van der Waals surface area contributed by atoms with E-state index in [2.05, 4.69) is 10.6 Å². The maximum Gasteiger partial charge on any atom is 0.417 e. The van der Waals surface area contributed by atoms with Gasteiger partial charge in [-0.25, -0.2) is 0 Å². The number of benzene rings is 1. The van der Waals surface area contributed by atoms with Crippen LogP contribution in [0.15, 0.2) is 35.7 Å². The molecule has 0 aliphatic carbocycles. The molecule has 0 fully saturated rings. The van der Waals surface area contributed by atoms with E-state index >= 15 is 0 Å². The summed E-state index contributed by atoms with van der Waals surface area (Å²) >= 11 is 6.91. The topological polar surface area (TPSA) is 58.2 Å². The summed E-state index contributed by atoms with van der Waals surface area (Å²) in [4.78, 5) is 24.2. The van der Waals surface area contributed by atoms with Gasteiger partial charge in [-0.05, 0) is 29.6 Å². The normalized spacial score (nSPS) is 11.2. The van der Waals surface area contributed by atoms with E-state index in [1.54, 1.807) is 12.1 Å². The first-order valence-corrected chi connectivity index (χ1v) is 7.97. The zero-order valence-electron chi connectivity index (χ0n) is 12.1. The van der Waals surface area contributed by atoms with E-state index in [1.807, 2.05) is 5.38 Å². The first-order valence-electron chi connectivity index (χ1n) is 6.71. The van der Waals surface area contributed by atoms with Gasteiger partial charge < -0.3 is 10.6 Å². The Labute approximate surface area is 144 Å². The molecule has 128 valence electrons. The standard InChI is InChI=1S/C15H12ClF3N2O2S/c16-12-4-3-9(6-11(12)15(17,18)19)21-14(23)8-20-13(22)7-10-2-1-5-24-10/h1-6H,7-8H2,(H,20,22)(H,21,23). The van der Waals surface area contributed by atoms with Crippen molar-refractivity contribution in [1.29, 1.82) is 0 Å². The third-order valence-corrected chi connectivity index (χ3v) is 4.12. The molecule has 9 heteroatoms. The molecule has 2 amide bonds. The predicted octanol–water partition coefficient (Wildman–Crippen LogP) is 3.72. The Bertz CT molecular complexity index is 733. The number of carbonyl (C=O) groups excluding carboxylic acids is 2. The highest BCUT2D eigenvalue weighted by molar-refractivity contribution is 7.10. The summed E-state index contributed by atoms with van der Waals surface area (Å²) in [5.41, 5.74) is -1.09. The summed E-state index contributed by atoms with van der Waals surface area (Å²) < 4.78 is 38.2. The Morgan fingerprint density at radius 2 is 1.92 bits per heavy atom. The van der Waals surface area contributed by atoms with Crippen molar-refractivity contribution in [2.45, 2.75) is 12.6 Å². The first-order chi connectivity index (χ1) is 11.3. The maximum absolute atomic E-state index is 12.7. The van der Waals surface area contributed by atoms with Gasteiger partial charge in [-0.3, -0.25) is 9.59 Å². The van der Waals surface area contributed by atoms with Gasteiger partial charge in [-0.15, -0.1) is 11.3 Å². The van der Waals surface area contributed by atoms with Crippen LogP contribution >= 0.6 is 22.9 Å². The number of amides is 2. The molecule has 1 aromatic carbocycles. The van der Waals surface area contributed by atoms with Crippen LogP contribution in [0.1, 0.15) is 10.4 Å². The molecule has 24 heavy (non-hydrogen) atoms. The lowest BCUT2D eigenvalue weighted by Crippen LogP contribution is -2.33. The molecule has 0 radical (unpaired) electrons. The van der Waals surface area contributed by atoms with E-state index in [9.17, 15) is 22.8 Å². The van der Waals surface area contributed by atoms with E-state index < -0.39 is 22.7 Å². The van der Waals surface area contributed by atoms with E-state index in [0.717, 1.165) is 17.0 Å². The first kappa shape index (κ1) is 18.3. The van der Waals surface area contributed by atoms with Crippen molar-refractivity contribution in [1.82, 2.24) is 5.32 Å². The van der Waals surface area contributed by atoms with Crippen molar-refractivity contribution < 1.29 is 22.8 Å². The van der Waals surface area contributed by atoms with Crippen LogP contribution in [0.5, 0.6) is 0 Å². The number of halogens is 4. The van der Waals surface area contributed by atoms with Gasteiger partial charge >= 0.3 is 6.18 Å². The van der Waals surface area contributed by atoms with Crippen LogP contribution in [0.3, 0.4) is 0 Å². The minimum absolute atomic E-state index is 0.0516. The van der Waals surface area contributed by atoms with Gasteiger partial charge in [0.25, 0.3) is 0 Å². The van der Waals surface area contributed by atoms with Gasteiger partial charge in [-0.1, -0.05) is 17.7 Å². The fraction of sp³-hybridized carbons (Fsp3) is 0.200. The third kappa shape index (κ3) is 5.24. The molecule has 0 aliphatic rings. The number of alkyl halides is 3. The highest BCUT2D eigenvalue weighted by Gasteiger charge is 2.33. The van der Waals surface area contributed by atoms with E-state index in [1.165, 1.54) is 17.4 Å². The number of hydrogen-bond acceptors (Lipinski definition) is 3. The molecule has 2 N–H and O–H groups in total. The molecule has 0 bridgehead atoms. The summed E-state index contributed by atoms with van der Waals surface area (Å²) in [5, 5.41) is 6.06. The van der Waals surface area contributed by atoms with Gasteiger partial charge in [-0.2, -0.15) is 13.2 Å². The van der Waals surface area contributed by atoms with Crippen molar-refractivity contribution in [3.05, 3.63) is 51.2 Å². The zero-order valence-corrected chi connectivity index (χ0v) is 13.7. The van der Waals surface area contributed by atoms with Crippen molar-refractivity contribution in [3.8, 4) is 0 Å². The fourth-order valence-electron chi connectivity index (χ4n) is 1.84. The Hall–Kier alpha value is -2.06.